The van der Waals surface area contributed by atoms with E-state index in [9.17, 15) is 9.59 Å². The summed E-state index contributed by atoms with van der Waals surface area (Å²) in [6.45, 7) is 1.77. The molecule has 0 spiro atoms. The normalized spacial score (nSPS) is 17.4. The zero-order valence-corrected chi connectivity index (χ0v) is 16.8. The van der Waals surface area contributed by atoms with Crippen LogP contribution in [0.2, 0.25) is 0 Å². The van der Waals surface area contributed by atoms with Crippen molar-refractivity contribution >= 4 is 28.5 Å². The Morgan fingerprint density at radius 2 is 1.71 bits per heavy atom. The Hall–Kier alpha value is -3.81. The van der Waals surface area contributed by atoms with Gasteiger partial charge >= 0.3 is 0 Å². The monoisotopic (exact) mass is 418 g/mol. The Bertz CT molecular complexity index is 1140. The Kier molecular flexibility index (Phi) is 5.03. The number of benzene rings is 2. The SMILES string of the molecule is O=C(NNC(=O)C1COc2ccccc2O1)c1cc2ccccc2nc1N1CCCC1. The summed E-state index contributed by atoms with van der Waals surface area (Å²) in [6, 6.07) is 16.6. The van der Waals surface area contributed by atoms with Gasteiger partial charge in [-0.2, -0.15) is 0 Å². The molecule has 0 aliphatic carbocycles. The summed E-state index contributed by atoms with van der Waals surface area (Å²) in [7, 11) is 0. The van der Waals surface area contributed by atoms with Gasteiger partial charge in [0.05, 0.1) is 11.1 Å². The molecular weight excluding hydrogens is 396 g/mol. The van der Waals surface area contributed by atoms with Crippen LogP contribution in [-0.2, 0) is 4.79 Å². The summed E-state index contributed by atoms with van der Waals surface area (Å²) < 4.78 is 11.3. The number of hydrogen-bond donors (Lipinski definition) is 2. The van der Waals surface area contributed by atoms with E-state index in [1.54, 1.807) is 18.2 Å². The van der Waals surface area contributed by atoms with E-state index >= 15 is 0 Å². The molecule has 1 aromatic heterocycles. The van der Waals surface area contributed by atoms with Crippen LogP contribution in [0.4, 0.5) is 5.82 Å². The number of carbonyl (C=O) groups is 2. The molecule has 8 nitrogen and oxygen atoms in total. The van der Waals surface area contributed by atoms with Gasteiger partial charge in [0.25, 0.3) is 11.8 Å². The van der Waals surface area contributed by atoms with Gasteiger partial charge in [-0.25, -0.2) is 4.98 Å². The number of fused-ring (bicyclic) bond motifs is 2. The van der Waals surface area contributed by atoms with Crippen LogP contribution in [0.25, 0.3) is 10.9 Å². The topological polar surface area (TPSA) is 92.8 Å². The minimum absolute atomic E-state index is 0.0648. The Morgan fingerprint density at radius 3 is 2.55 bits per heavy atom. The molecule has 1 saturated heterocycles. The summed E-state index contributed by atoms with van der Waals surface area (Å²) >= 11 is 0. The smallest absolute Gasteiger partial charge is 0.283 e. The van der Waals surface area contributed by atoms with Crippen LogP contribution < -0.4 is 25.2 Å². The lowest BCUT2D eigenvalue weighted by molar-refractivity contribution is -0.131. The summed E-state index contributed by atoms with van der Waals surface area (Å²) in [5.74, 6) is 0.808. The summed E-state index contributed by atoms with van der Waals surface area (Å²) in [5, 5.41) is 0.863. The number of amides is 2. The number of hydrazine groups is 1. The average Bonchev–Trinajstić information content (AvgIpc) is 3.36. The van der Waals surface area contributed by atoms with Crippen molar-refractivity contribution in [3.63, 3.8) is 0 Å². The number of ether oxygens (including phenoxy) is 2. The highest BCUT2D eigenvalue weighted by Gasteiger charge is 2.28. The molecule has 2 amide bonds. The molecule has 2 aliphatic heterocycles. The van der Waals surface area contributed by atoms with E-state index in [0.717, 1.165) is 36.8 Å². The fourth-order valence-electron chi connectivity index (χ4n) is 3.86. The molecule has 1 atom stereocenters. The molecule has 1 fully saturated rings. The van der Waals surface area contributed by atoms with E-state index in [0.29, 0.717) is 22.9 Å². The van der Waals surface area contributed by atoms with Crippen LogP contribution in [0.1, 0.15) is 23.2 Å². The van der Waals surface area contributed by atoms with Crippen molar-refractivity contribution in [1.29, 1.82) is 0 Å². The number of carbonyl (C=O) groups excluding carboxylic acids is 2. The quantitative estimate of drug-likeness (QED) is 0.635. The second-order valence-corrected chi connectivity index (χ2v) is 7.55. The highest BCUT2D eigenvalue weighted by molar-refractivity contribution is 6.03. The Morgan fingerprint density at radius 1 is 0.968 bits per heavy atom. The molecule has 3 aromatic rings. The van der Waals surface area contributed by atoms with Crippen LogP contribution in [0.5, 0.6) is 11.5 Å². The first-order chi connectivity index (χ1) is 15.2. The molecule has 2 aliphatic rings. The lowest BCUT2D eigenvalue weighted by Gasteiger charge is -2.25. The minimum atomic E-state index is -0.858. The molecule has 0 radical (unpaired) electrons. The number of nitrogens with one attached hydrogen (secondary N) is 2. The van der Waals surface area contributed by atoms with E-state index in [2.05, 4.69) is 15.8 Å². The molecule has 1 unspecified atom stereocenters. The zero-order valence-electron chi connectivity index (χ0n) is 16.8. The number of nitrogens with zero attached hydrogens (tertiary/aromatic N) is 2. The first kappa shape index (κ1) is 19.2. The van der Waals surface area contributed by atoms with Crippen molar-refractivity contribution in [2.24, 2.45) is 0 Å². The van der Waals surface area contributed by atoms with Gasteiger partial charge in [0.15, 0.2) is 11.5 Å². The second-order valence-electron chi connectivity index (χ2n) is 7.55. The third-order valence-corrected chi connectivity index (χ3v) is 5.45. The van der Waals surface area contributed by atoms with E-state index < -0.39 is 17.9 Å². The van der Waals surface area contributed by atoms with Gasteiger partial charge in [0, 0.05) is 18.5 Å². The molecule has 2 N–H and O–H groups in total. The van der Waals surface area contributed by atoms with Gasteiger partial charge in [0.2, 0.25) is 6.10 Å². The van der Waals surface area contributed by atoms with Crippen LogP contribution in [0.3, 0.4) is 0 Å². The second kappa shape index (κ2) is 8.14. The number of anilines is 1. The maximum atomic E-state index is 13.0. The molecule has 0 bridgehead atoms. The van der Waals surface area contributed by atoms with Crippen molar-refractivity contribution in [3.05, 3.63) is 60.2 Å². The van der Waals surface area contributed by atoms with Gasteiger partial charge < -0.3 is 14.4 Å². The molecule has 31 heavy (non-hydrogen) atoms. The molecule has 158 valence electrons. The molecule has 0 saturated carbocycles. The van der Waals surface area contributed by atoms with Crippen molar-refractivity contribution in [2.45, 2.75) is 18.9 Å². The molecular formula is C23H22N4O4. The molecule has 3 heterocycles. The Labute approximate surface area is 179 Å². The maximum absolute atomic E-state index is 13.0. The van der Waals surface area contributed by atoms with Crippen LogP contribution in [0.15, 0.2) is 54.6 Å². The predicted octanol–water partition coefficient (Wildman–Crippen LogP) is 2.44. The van der Waals surface area contributed by atoms with Crippen molar-refractivity contribution in [1.82, 2.24) is 15.8 Å². The summed E-state index contributed by atoms with van der Waals surface area (Å²) in [5.41, 5.74) is 6.22. The lowest BCUT2D eigenvalue weighted by atomic mass is 10.1. The van der Waals surface area contributed by atoms with Crippen molar-refractivity contribution in [3.8, 4) is 11.5 Å². The number of pyridine rings is 1. The van der Waals surface area contributed by atoms with E-state index in [1.165, 1.54) is 0 Å². The standard InChI is InChI=1S/C23H22N4O4/c28-22(25-26-23(29)20-14-30-18-9-3-4-10-19(18)31-20)16-13-15-7-1-2-8-17(15)24-21(16)27-11-5-6-12-27/h1-4,7-10,13,20H,5-6,11-12,14H2,(H,25,28)(H,26,29). The number of rotatable bonds is 3. The third kappa shape index (κ3) is 3.84. The van der Waals surface area contributed by atoms with Crippen LogP contribution in [0, 0.1) is 0 Å². The number of para-hydroxylation sites is 3. The predicted molar refractivity (Wildman–Crippen MR) is 115 cm³/mol. The molecule has 5 rings (SSSR count). The summed E-state index contributed by atoms with van der Waals surface area (Å²) in [4.78, 5) is 32.4. The summed E-state index contributed by atoms with van der Waals surface area (Å²) in [6.07, 6.45) is 1.27. The van der Waals surface area contributed by atoms with E-state index in [-0.39, 0.29) is 6.61 Å². The van der Waals surface area contributed by atoms with Gasteiger partial charge in [-0.15, -0.1) is 0 Å². The number of aromatic nitrogens is 1. The highest BCUT2D eigenvalue weighted by Crippen LogP contribution is 2.31. The van der Waals surface area contributed by atoms with E-state index in [1.807, 2.05) is 36.4 Å². The first-order valence-electron chi connectivity index (χ1n) is 10.3. The van der Waals surface area contributed by atoms with Gasteiger partial charge in [0.1, 0.15) is 12.4 Å². The Balaban J connectivity index is 1.32. The first-order valence-corrected chi connectivity index (χ1v) is 10.3. The van der Waals surface area contributed by atoms with Gasteiger partial charge in [-0.1, -0.05) is 30.3 Å². The van der Waals surface area contributed by atoms with Gasteiger partial charge in [-0.3, -0.25) is 20.4 Å². The average molecular weight is 418 g/mol. The van der Waals surface area contributed by atoms with Crippen LogP contribution >= 0.6 is 0 Å². The van der Waals surface area contributed by atoms with Crippen LogP contribution in [-0.4, -0.2) is 42.6 Å². The fraction of sp³-hybridized carbons (Fsp3) is 0.261. The fourth-order valence-corrected chi connectivity index (χ4v) is 3.86. The number of hydrogen-bond acceptors (Lipinski definition) is 6. The minimum Gasteiger partial charge on any atom is -0.485 e. The van der Waals surface area contributed by atoms with Crippen molar-refractivity contribution < 1.29 is 19.1 Å². The lowest BCUT2D eigenvalue weighted by Crippen LogP contribution is -2.51. The third-order valence-electron chi connectivity index (χ3n) is 5.45. The van der Waals surface area contributed by atoms with Gasteiger partial charge in [-0.05, 0) is 37.1 Å². The zero-order chi connectivity index (χ0) is 21.2. The highest BCUT2D eigenvalue weighted by atomic mass is 16.6. The van der Waals surface area contributed by atoms with E-state index in [4.69, 9.17) is 14.5 Å². The molecule has 8 heteroatoms. The largest absolute Gasteiger partial charge is 0.485 e. The maximum Gasteiger partial charge on any atom is 0.283 e. The van der Waals surface area contributed by atoms with Crippen molar-refractivity contribution in [2.75, 3.05) is 24.6 Å². The molecule has 2 aromatic carbocycles.